The number of nitrogens with one attached hydrogen (secondary N) is 2. The third-order valence-corrected chi connectivity index (χ3v) is 6.02. The van der Waals surface area contributed by atoms with Gasteiger partial charge in [0.2, 0.25) is 0 Å². The molecule has 176 valence electrons. The van der Waals surface area contributed by atoms with E-state index in [4.69, 9.17) is 9.90 Å². The van der Waals surface area contributed by atoms with Crippen LogP contribution >= 0.6 is 0 Å². The van der Waals surface area contributed by atoms with Crippen molar-refractivity contribution in [3.63, 3.8) is 0 Å². The van der Waals surface area contributed by atoms with Crippen molar-refractivity contribution < 1.29 is 23.1 Å². The normalized spacial score (nSPS) is 16.8. The Kier molecular flexibility index (Phi) is 6.50. The highest BCUT2D eigenvalue weighted by Crippen LogP contribution is 2.34. The number of rotatable bonds is 2. The zero-order chi connectivity index (χ0) is 23.6. The number of fused-ring (bicyclic) bond motifs is 2. The second kappa shape index (κ2) is 9.34. The molecule has 33 heavy (non-hydrogen) atoms. The quantitative estimate of drug-likeness (QED) is 0.536. The van der Waals surface area contributed by atoms with Gasteiger partial charge in [0.25, 0.3) is 0 Å². The third kappa shape index (κ3) is 5.08. The average molecular weight is 462 g/mol. The van der Waals surface area contributed by atoms with Crippen molar-refractivity contribution in [2.45, 2.75) is 44.8 Å². The number of alkyl halides is 3. The summed E-state index contributed by atoms with van der Waals surface area (Å²) in [6.45, 7) is 6.12. The first-order chi connectivity index (χ1) is 15.7. The van der Waals surface area contributed by atoms with Gasteiger partial charge in [0.05, 0.1) is 5.69 Å². The number of aromatic amines is 1. The number of anilines is 1. The Morgan fingerprint density at radius 2 is 1.94 bits per heavy atom. The predicted molar refractivity (Wildman–Crippen MR) is 116 cm³/mol. The summed E-state index contributed by atoms with van der Waals surface area (Å²) in [5.41, 5.74) is 7.16. The number of H-pyrrole nitrogens is 1. The fraction of sp³-hybridized carbons (Fsp3) is 0.455. The molecule has 3 N–H and O–H groups in total. The topological polar surface area (TPSA) is 107 Å². The summed E-state index contributed by atoms with van der Waals surface area (Å²) in [5, 5.41) is 19.7. The highest BCUT2D eigenvalue weighted by molar-refractivity contribution is 5.89. The van der Waals surface area contributed by atoms with E-state index in [-0.39, 0.29) is 0 Å². The Balaban J connectivity index is 0.000000325. The summed E-state index contributed by atoms with van der Waals surface area (Å²) in [5.74, 6) is -2.20. The van der Waals surface area contributed by atoms with Gasteiger partial charge in [-0.15, -0.1) is 0 Å². The van der Waals surface area contributed by atoms with Gasteiger partial charge in [0.1, 0.15) is 0 Å². The molecule has 1 saturated heterocycles. The SMILES string of the molecule is Cc1ccc2c(N3CCC(c4n[nH]c5c4CNCC5)CC3)ccnc2n1.O=C(O)C(F)(F)F. The zero-order valence-corrected chi connectivity index (χ0v) is 18.1. The van der Waals surface area contributed by atoms with Gasteiger partial charge in [-0.3, -0.25) is 5.10 Å². The molecule has 1 fully saturated rings. The number of pyridine rings is 2. The third-order valence-electron chi connectivity index (χ3n) is 6.02. The molecule has 3 aromatic heterocycles. The van der Waals surface area contributed by atoms with Crippen molar-refractivity contribution in [3.8, 4) is 0 Å². The molecule has 0 unspecified atom stereocenters. The van der Waals surface area contributed by atoms with E-state index >= 15 is 0 Å². The molecule has 0 atom stereocenters. The Morgan fingerprint density at radius 1 is 1.21 bits per heavy atom. The largest absolute Gasteiger partial charge is 0.490 e. The van der Waals surface area contributed by atoms with Gasteiger partial charge in [-0.05, 0) is 38.0 Å². The smallest absolute Gasteiger partial charge is 0.475 e. The number of carboxylic acid groups (broad SMARTS) is 1. The standard InChI is InChI=1S/C20H24N6.C2HF3O2/c1-13-2-3-15-18(5-9-22-20(15)23-13)26-10-6-14(7-11-26)19-16-12-21-8-4-17(16)24-25-19;3-2(4,5)1(6)7/h2-3,5,9,14,21H,4,6-8,10-12H2,1H3,(H,24,25);(H,6,7). The molecular formula is C22H25F3N6O2. The number of piperidine rings is 1. The second-order valence-corrected chi connectivity index (χ2v) is 8.21. The van der Waals surface area contributed by atoms with Gasteiger partial charge in [0, 0.05) is 72.7 Å². The molecule has 3 aromatic rings. The highest BCUT2D eigenvalue weighted by Gasteiger charge is 2.38. The van der Waals surface area contributed by atoms with Crippen LogP contribution < -0.4 is 10.2 Å². The summed E-state index contributed by atoms with van der Waals surface area (Å²) in [7, 11) is 0. The number of nitrogens with zero attached hydrogens (tertiary/aromatic N) is 4. The summed E-state index contributed by atoms with van der Waals surface area (Å²) < 4.78 is 31.7. The number of hydrogen-bond donors (Lipinski definition) is 3. The lowest BCUT2D eigenvalue weighted by atomic mass is 9.89. The minimum Gasteiger partial charge on any atom is -0.475 e. The van der Waals surface area contributed by atoms with Crippen LogP contribution in [0.25, 0.3) is 11.0 Å². The van der Waals surface area contributed by atoms with Crippen molar-refractivity contribution in [2.24, 2.45) is 0 Å². The Hall–Kier alpha value is -3.21. The molecule has 0 saturated carbocycles. The summed E-state index contributed by atoms with van der Waals surface area (Å²) >= 11 is 0. The number of aromatic nitrogens is 4. The van der Waals surface area contributed by atoms with Crippen LogP contribution in [0.1, 0.15) is 41.4 Å². The predicted octanol–water partition coefficient (Wildman–Crippen LogP) is 3.32. The van der Waals surface area contributed by atoms with E-state index in [0.29, 0.717) is 5.92 Å². The average Bonchev–Trinajstić information content (AvgIpc) is 3.22. The van der Waals surface area contributed by atoms with E-state index in [1.54, 1.807) is 0 Å². The Morgan fingerprint density at radius 3 is 2.64 bits per heavy atom. The van der Waals surface area contributed by atoms with Crippen LogP contribution in [0.3, 0.4) is 0 Å². The molecule has 8 nitrogen and oxygen atoms in total. The van der Waals surface area contributed by atoms with Crippen LogP contribution in [0.4, 0.5) is 18.9 Å². The van der Waals surface area contributed by atoms with Crippen molar-refractivity contribution in [1.82, 2.24) is 25.5 Å². The van der Waals surface area contributed by atoms with Crippen LogP contribution in [0.2, 0.25) is 0 Å². The molecule has 5 rings (SSSR count). The summed E-state index contributed by atoms with van der Waals surface area (Å²) in [6.07, 6.45) is 0.142. The van der Waals surface area contributed by atoms with Crippen molar-refractivity contribution in [2.75, 3.05) is 24.5 Å². The number of carboxylic acids is 1. The van der Waals surface area contributed by atoms with Gasteiger partial charge in [0.15, 0.2) is 5.65 Å². The van der Waals surface area contributed by atoms with E-state index < -0.39 is 12.1 Å². The van der Waals surface area contributed by atoms with Gasteiger partial charge >= 0.3 is 12.1 Å². The molecule has 2 aliphatic rings. The van der Waals surface area contributed by atoms with Crippen LogP contribution in [0.5, 0.6) is 0 Å². The van der Waals surface area contributed by atoms with Crippen LogP contribution in [0, 0.1) is 6.92 Å². The van der Waals surface area contributed by atoms with Crippen molar-refractivity contribution in [3.05, 3.63) is 47.0 Å². The van der Waals surface area contributed by atoms with E-state index in [1.165, 1.54) is 22.6 Å². The highest BCUT2D eigenvalue weighted by atomic mass is 19.4. The lowest BCUT2D eigenvalue weighted by molar-refractivity contribution is -0.192. The van der Waals surface area contributed by atoms with E-state index in [2.05, 4.69) is 48.6 Å². The minimum absolute atomic E-state index is 0.555. The van der Waals surface area contributed by atoms with E-state index in [0.717, 1.165) is 62.2 Å². The van der Waals surface area contributed by atoms with Gasteiger partial charge in [-0.2, -0.15) is 18.3 Å². The lowest BCUT2D eigenvalue weighted by Gasteiger charge is -2.34. The van der Waals surface area contributed by atoms with Gasteiger partial charge in [-0.1, -0.05) is 0 Å². The molecule has 2 aliphatic heterocycles. The van der Waals surface area contributed by atoms with Gasteiger partial charge in [-0.25, -0.2) is 14.8 Å². The van der Waals surface area contributed by atoms with Crippen LogP contribution in [0.15, 0.2) is 24.4 Å². The van der Waals surface area contributed by atoms with Crippen LogP contribution in [-0.2, 0) is 17.8 Å². The maximum Gasteiger partial charge on any atom is 0.490 e. The maximum atomic E-state index is 10.6. The molecule has 5 heterocycles. The maximum absolute atomic E-state index is 10.6. The Bertz CT molecular complexity index is 1140. The van der Waals surface area contributed by atoms with Crippen molar-refractivity contribution in [1.29, 1.82) is 0 Å². The number of hydrogen-bond acceptors (Lipinski definition) is 6. The van der Waals surface area contributed by atoms with Crippen molar-refractivity contribution >= 4 is 22.7 Å². The second-order valence-electron chi connectivity index (χ2n) is 8.21. The summed E-state index contributed by atoms with van der Waals surface area (Å²) in [6, 6.07) is 6.35. The fourth-order valence-electron chi connectivity index (χ4n) is 4.36. The van der Waals surface area contributed by atoms with E-state index in [9.17, 15) is 13.2 Å². The zero-order valence-electron chi connectivity index (χ0n) is 18.1. The first-order valence-electron chi connectivity index (χ1n) is 10.8. The first kappa shape index (κ1) is 23.0. The molecule has 0 radical (unpaired) electrons. The molecule has 0 spiro atoms. The monoisotopic (exact) mass is 462 g/mol. The van der Waals surface area contributed by atoms with Crippen LogP contribution in [-0.4, -0.2) is 57.1 Å². The van der Waals surface area contributed by atoms with E-state index in [1.807, 2.05) is 13.1 Å². The molecule has 0 aliphatic carbocycles. The molecule has 11 heteroatoms. The van der Waals surface area contributed by atoms with Gasteiger partial charge < -0.3 is 15.3 Å². The lowest BCUT2D eigenvalue weighted by Crippen LogP contribution is -2.33. The number of carbonyl (C=O) groups is 1. The molecular weight excluding hydrogens is 437 g/mol. The number of aliphatic carboxylic acids is 1. The number of halogens is 3. The number of aryl methyl sites for hydroxylation is 1. The summed E-state index contributed by atoms with van der Waals surface area (Å²) in [4.78, 5) is 20.4. The fourth-order valence-corrected chi connectivity index (χ4v) is 4.36. The minimum atomic E-state index is -5.08. The molecule has 0 aromatic carbocycles. The Labute approximate surface area is 188 Å². The first-order valence-corrected chi connectivity index (χ1v) is 10.8. The molecule has 0 amide bonds. The molecule has 0 bridgehead atoms.